The predicted octanol–water partition coefficient (Wildman–Crippen LogP) is 5.52. The third-order valence-electron chi connectivity index (χ3n) is 8.92. The van der Waals surface area contributed by atoms with Crippen LogP contribution in [-0.2, 0) is 22.5 Å². The molecule has 0 saturated heterocycles. The summed E-state index contributed by atoms with van der Waals surface area (Å²) in [7, 11) is 2.06. The smallest absolute Gasteiger partial charge is 0.258 e. The Labute approximate surface area is 283 Å². The summed E-state index contributed by atoms with van der Waals surface area (Å²) in [4.78, 5) is 31.2. The van der Waals surface area contributed by atoms with E-state index >= 15 is 0 Å². The van der Waals surface area contributed by atoms with Crippen LogP contribution in [0.4, 0.5) is 5.69 Å². The normalized spacial score (nSPS) is 20.8. The van der Waals surface area contributed by atoms with Gasteiger partial charge in [0.25, 0.3) is 5.91 Å². The molecule has 0 spiro atoms. The molecule has 2 amide bonds. The van der Waals surface area contributed by atoms with Crippen LogP contribution in [0, 0.1) is 5.92 Å². The van der Waals surface area contributed by atoms with Crippen molar-refractivity contribution in [1.29, 1.82) is 0 Å². The summed E-state index contributed by atoms with van der Waals surface area (Å²) in [5.41, 5.74) is 2.87. The van der Waals surface area contributed by atoms with E-state index < -0.39 is 6.04 Å². The highest BCUT2D eigenvalue weighted by Gasteiger charge is 2.30. The second kappa shape index (κ2) is 16.8. The van der Waals surface area contributed by atoms with E-state index in [9.17, 15) is 14.7 Å². The number of rotatable bonds is 9. The van der Waals surface area contributed by atoms with Crippen molar-refractivity contribution in [1.82, 2.24) is 9.80 Å². The molecule has 10 nitrogen and oxygen atoms in total. The molecule has 0 radical (unpaired) electrons. The van der Waals surface area contributed by atoms with Crippen molar-refractivity contribution in [3.8, 4) is 17.2 Å². The molecule has 2 aliphatic rings. The van der Waals surface area contributed by atoms with Crippen LogP contribution in [0.15, 0.2) is 66.7 Å². The molecule has 258 valence electrons. The Morgan fingerprint density at radius 2 is 1.77 bits per heavy atom. The lowest BCUT2D eigenvalue weighted by atomic mass is 10.0. The van der Waals surface area contributed by atoms with Gasteiger partial charge in [-0.05, 0) is 81.6 Å². The molecule has 10 heteroatoms. The summed E-state index contributed by atoms with van der Waals surface area (Å²) in [6, 6.07) is 20.3. The first-order valence-corrected chi connectivity index (χ1v) is 16.9. The summed E-state index contributed by atoms with van der Waals surface area (Å²) >= 11 is 0. The van der Waals surface area contributed by atoms with Gasteiger partial charge in [0.1, 0.15) is 5.75 Å². The minimum atomic E-state index is -0.457. The molecule has 0 unspecified atom stereocenters. The lowest BCUT2D eigenvalue weighted by Crippen LogP contribution is -2.47. The van der Waals surface area contributed by atoms with Crippen LogP contribution in [0.3, 0.4) is 0 Å². The van der Waals surface area contributed by atoms with Gasteiger partial charge in [0.15, 0.2) is 11.5 Å². The number of carbonyl (C=O) groups excluding carboxylic acids is 2. The number of hydrogen-bond donors (Lipinski definition) is 2. The van der Waals surface area contributed by atoms with Crippen LogP contribution in [0.2, 0.25) is 0 Å². The number of nitrogens with one attached hydrogen (secondary N) is 1. The van der Waals surface area contributed by atoms with E-state index in [2.05, 4.69) is 24.2 Å². The molecule has 0 fully saturated rings. The van der Waals surface area contributed by atoms with Crippen LogP contribution in [-0.4, -0.2) is 85.1 Å². The fourth-order valence-electron chi connectivity index (χ4n) is 6.17. The zero-order chi connectivity index (χ0) is 34.0. The molecule has 2 heterocycles. The minimum absolute atomic E-state index is 0.0536. The first kappa shape index (κ1) is 35.2. The van der Waals surface area contributed by atoms with E-state index in [-0.39, 0.29) is 49.8 Å². The molecule has 0 aliphatic carbocycles. The topological polar surface area (TPSA) is 110 Å². The summed E-state index contributed by atoms with van der Waals surface area (Å²) in [6.45, 7) is 8.28. The average Bonchev–Trinajstić information content (AvgIpc) is 3.54. The van der Waals surface area contributed by atoms with Gasteiger partial charge in [-0.15, -0.1) is 0 Å². The number of ether oxygens (including phenoxy) is 4. The van der Waals surface area contributed by atoms with Gasteiger partial charge in [-0.2, -0.15) is 0 Å². The number of aliphatic hydroxyl groups is 1. The number of amides is 2. The Morgan fingerprint density at radius 1 is 1.00 bits per heavy atom. The van der Waals surface area contributed by atoms with Gasteiger partial charge in [-0.25, -0.2) is 0 Å². The molecule has 4 atom stereocenters. The maximum absolute atomic E-state index is 14.4. The van der Waals surface area contributed by atoms with E-state index in [1.165, 1.54) is 0 Å². The zero-order valence-electron chi connectivity index (χ0n) is 28.5. The van der Waals surface area contributed by atoms with Crippen molar-refractivity contribution < 1.29 is 33.6 Å². The van der Waals surface area contributed by atoms with Gasteiger partial charge in [0.05, 0.1) is 36.8 Å². The highest BCUT2D eigenvalue weighted by Crippen LogP contribution is 2.33. The quantitative estimate of drug-likeness (QED) is 0.309. The summed E-state index contributed by atoms with van der Waals surface area (Å²) in [6.07, 6.45) is 2.52. The average molecular weight is 660 g/mol. The van der Waals surface area contributed by atoms with Gasteiger partial charge in [-0.1, -0.05) is 43.3 Å². The molecule has 48 heavy (non-hydrogen) atoms. The fraction of sp³-hybridized carbons (Fsp3) is 0.474. The van der Waals surface area contributed by atoms with Crippen LogP contribution >= 0.6 is 0 Å². The van der Waals surface area contributed by atoms with Crippen LogP contribution < -0.4 is 19.5 Å². The van der Waals surface area contributed by atoms with Crippen molar-refractivity contribution in [2.75, 3.05) is 45.5 Å². The SMILES string of the molecule is C[C@@H]1CCCCO[C@@H](CN(C)Cc2ccc3c(c2)OCO3)[C@H](C)CN([C@H](C)CO)C(=O)c2cc(NC(=O)Cc3ccccc3)ccc2O1. The van der Waals surface area contributed by atoms with Gasteiger partial charge < -0.3 is 34.3 Å². The number of hydrogen-bond acceptors (Lipinski definition) is 8. The summed E-state index contributed by atoms with van der Waals surface area (Å²) in [5.74, 6) is 1.48. The summed E-state index contributed by atoms with van der Waals surface area (Å²) in [5, 5.41) is 13.2. The van der Waals surface area contributed by atoms with E-state index in [0.29, 0.717) is 43.2 Å². The Hall–Kier alpha value is -4.12. The number of nitrogens with zero attached hydrogens (tertiary/aromatic N) is 2. The standard InChI is InChI=1S/C38H49N3O7/c1-26-21-41(27(2)24-42)38(44)32-20-31(39-37(43)19-29-11-6-5-7-12-29)14-16-33(32)48-28(3)10-8-9-17-45-36(26)23-40(4)22-30-13-15-34-35(18-30)47-25-46-34/h5-7,11-16,18,20,26-28,36,42H,8-10,17,19,21-25H2,1-4H3,(H,39,43)/t26-,27-,28-,36+/m1/s1. The van der Waals surface area contributed by atoms with Crippen molar-refractivity contribution >= 4 is 17.5 Å². The van der Waals surface area contributed by atoms with E-state index in [0.717, 1.165) is 41.9 Å². The molecular weight excluding hydrogens is 610 g/mol. The van der Waals surface area contributed by atoms with E-state index in [1.54, 1.807) is 23.1 Å². The number of likely N-dealkylation sites (N-methyl/N-ethyl adjacent to an activating group) is 1. The predicted molar refractivity (Wildman–Crippen MR) is 185 cm³/mol. The lowest BCUT2D eigenvalue weighted by Gasteiger charge is -2.36. The van der Waals surface area contributed by atoms with Crippen LogP contribution in [0.1, 0.15) is 61.5 Å². The molecule has 3 aromatic rings. The third-order valence-corrected chi connectivity index (χ3v) is 8.92. The minimum Gasteiger partial charge on any atom is -0.490 e. The van der Waals surface area contributed by atoms with Gasteiger partial charge in [0, 0.05) is 37.8 Å². The highest BCUT2D eigenvalue weighted by atomic mass is 16.7. The van der Waals surface area contributed by atoms with Crippen molar-refractivity contribution in [2.45, 2.75) is 71.2 Å². The van der Waals surface area contributed by atoms with Crippen molar-refractivity contribution in [2.24, 2.45) is 5.92 Å². The first-order chi connectivity index (χ1) is 23.2. The molecule has 5 rings (SSSR count). The second-order valence-electron chi connectivity index (χ2n) is 13.1. The van der Waals surface area contributed by atoms with Gasteiger partial charge in [0.2, 0.25) is 12.7 Å². The van der Waals surface area contributed by atoms with Crippen LogP contribution in [0.5, 0.6) is 17.2 Å². The fourth-order valence-corrected chi connectivity index (χ4v) is 6.17. The van der Waals surface area contributed by atoms with E-state index in [4.69, 9.17) is 18.9 Å². The van der Waals surface area contributed by atoms with Crippen LogP contribution in [0.25, 0.3) is 0 Å². The Bertz CT molecular complexity index is 1520. The molecule has 0 bridgehead atoms. The van der Waals surface area contributed by atoms with Gasteiger partial charge in [-0.3, -0.25) is 14.5 Å². The summed E-state index contributed by atoms with van der Waals surface area (Å²) < 4.78 is 23.9. The largest absolute Gasteiger partial charge is 0.490 e. The monoisotopic (exact) mass is 659 g/mol. The maximum atomic E-state index is 14.4. The van der Waals surface area contributed by atoms with Crippen molar-refractivity contribution in [3.63, 3.8) is 0 Å². The zero-order valence-corrected chi connectivity index (χ0v) is 28.5. The van der Waals surface area contributed by atoms with Gasteiger partial charge >= 0.3 is 0 Å². The molecule has 2 aliphatic heterocycles. The molecular formula is C38H49N3O7. The number of anilines is 1. The number of benzene rings is 3. The Balaban J connectivity index is 1.36. The number of carbonyl (C=O) groups is 2. The Morgan fingerprint density at radius 3 is 2.56 bits per heavy atom. The van der Waals surface area contributed by atoms with Crippen molar-refractivity contribution in [3.05, 3.63) is 83.4 Å². The second-order valence-corrected chi connectivity index (χ2v) is 13.1. The Kier molecular flexibility index (Phi) is 12.3. The highest BCUT2D eigenvalue weighted by molar-refractivity contribution is 6.00. The maximum Gasteiger partial charge on any atom is 0.258 e. The molecule has 0 saturated carbocycles. The van der Waals surface area contributed by atoms with E-state index in [1.807, 2.05) is 62.4 Å². The molecule has 2 N–H and O–H groups in total. The third kappa shape index (κ3) is 9.49. The lowest BCUT2D eigenvalue weighted by molar-refractivity contribution is -0.115. The number of aliphatic hydroxyl groups excluding tert-OH is 1. The number of fused-ring (bicyclic) bond motifs is 2. The first-order valence-electron chi connectivity index (χ1n) is 16.9. The molecule has 0 aromatic heterocycles. The molecule has 3 aromatic carbocycles.